The molecule has 6 nitrogen and oxygen atoms in total. The molecule has 0 bridgehead atoms. The molecule has 0 spiro atoms. The van der Waals surface area contributed by atoms with Crippen LogP contribution in [0, 0.1) is 0 Å². The van der Waals surface area contributed by atoms with E-state index in [9.17, 15) is 13.2 Å². The molecule has 0 fully saturated rings. The monoisotopic (exact) mass is 298 g/mol. The Hall–Kier alpha value is -1.60. The van der Waals surface area contributed by atoms with Crippen LogP contribution >= 0.6 is 0 Å². The van der Waals surface area contributed by atoms with Crippen molar-refractivity contribution >= 4 is 21.1 Å². The van der Waals surface area contributed by atoms with Gasteiger partial charge >= 0.3 is 5.76 Å². The summed E-state index contributed by atoms with van der Waals surface area (Å²) in [5, 5.41) is 0. The predicted molar refractivity (Wildman–Crippen MR) is 76.2 cm³/mol. The molecule has 0 aliphatic rings. The van der Waals surface area contributed by atoms with Crippen LogP contribution in [0.3, 0.4) is 0 Å². The maximum Gasteiger partial charge on any atom is 0.419 e. The molecular formula is C13H18N2O4S. The highest BCUT2D eigenvalue weighted by Crippen LogP contribution is 2.20. The van der Waals surface area contributed by atoms with Crippen molar-refractivity contribution in [3.63, 3.8) is 0 Å². The lowest BCUT2D eigenvalue weighted by Gasteiger charge is -2.16. The number of rotatable bonds is 5. The number of oxazole rings is 1. The number of aromatic nitrogens is 1. The third kappa shape index (κ3) is 2.51. The van der Waals surface area contributed by atoms with Crippen LogP contribution in [0.5, 0.6) is 0 Å². The fourth-order valence-electron chi connectivity index (χ4n) is 1.96. The van der Waals surface area contributed by atoms with E-state index in [0.29, 0.717) is 12.1 Å². The Morgan fingerprint density at radius 2 is 2.05 bits per heavy atom. The second-order valence-electron chi connectivity index (χ2n) is 4.74. The number of benzene rings is 1. The van der Waals surface area contributed by atoms with Gasteiger partial charge in [-0.1, -0.05) is 13.3 Å². The summed E-state index contributed by atoms with van der Waals surface area (Å²) in [6.45, 7) is 2.47. The molecule has 1 heterocycles. The number of nitrogens with zero attached hydrogens (tertiary/aromatic N) is 2. The van der Waals surface area contributed by atoms with Crippen molar-refractivity contribution in [2.24, 2.45) is 7.05 Å². The van der Waals surface area contributed by atoms with Gasteiger partial charge in [-0.15, -0.1) is 0 Å². The Bertz CT molecular complexity index is 773. The van der Waals surface area contributed by atoms with E-state index < -0.39 is 15.8 Å². The molecule has 7 heteroatoms. The molecule has 0 saturated heterocycles. The van der Waals surface area contributed by atoms with Crippen LogP contribution in [0.4, 0.5) is 0 Å². The minimum atomic E-state index is -3.54. The van der Waals surface area contributed by atoms with Gasteiger partial charge < -0.3 is 4.42 Å². The van der Waals surface area contributed by atoms with Gasteiger partial charge in [-0.05, 0) is 18.6 Å². The van der Waals surface area contributed by atoms with Gasteiger partial charge in [0.15, 0.2) is 5.58 Å². The van der Waals surface area contributed by atoms with Crippen molar-refractivity contribution < 1.29 is 12.8 Å². The highest BCUT2D eigenvalue weighted by molar-refractivity contribution is 7.89. The summed E-state index contributed by atoms with van der Waals surface area (Å²) in [4.78, 5) is 11.5. The van der Waals surface area contributed by atoms with E-state index in [2.05, 4.69) is 0 Å². The summed E-state index contributed by atoms with van der Waals surface area (Å²) in [6.07, 6.45) is 1.73. The first kappa shape index (κ1) is 14.8. The molecule has 0 radical (unpaired) electrons. The minimum Gasteiger partial charge on any atom is -0.408 e. The lowest BCUT2D eigenvalue weighted by atomic mass is 10.3. The summed E-state index contributed by atoms with van der Waals surface area (Å²) in [6, 6.07) is 4.48. The van der Waals surface area contributed by atoms with E-state index in [-0.39, 0.29) is 10.5 Å². The smallest absolute Gasteiger partial charge is 0.408 e. The maximum atomic E-state index is 12.4. The largest absolute Gasteiger partial charge is 0.419 e. The van der Waals surface area contributed by atoms with Crippen LogP contribution in [-0.2, 0) is 17.1 Å². The van der Waals surface area contributed by atoms with Crippen LogP contribution in [-0.4, -0.2) is 30.9 Å². The molecule has 0 aliphatic carbocycles. The molecule has 110 valence electrons. The second kappa shape index (κ2) is 5.41. The second-order valence-corrected chi connectivity index (χ2v) is 6.78. The molecule has 1 aromatic heterocycles. The number of unbranched alkanes of at least 4 members (excludes halogenated alkanes) is 1. The molecule has 0 N–H and O–H groups in total. The molecule has 2 aromatic rings. The van der Waals surface area contributed by atoms with Crippen LogP contribution in [0.15, 0.2) is 32.3 Å². The normalized spacial score (nSPS) is 12.4. The fourth-order valence-corrected chi connectivity index (χ4v) is 3.18. The number of aryl methyl sites for hydroxylation is 1. The topological polar surface area (TPSA) is 72.5 Å². The van der Waals surface area contributed by atoms with Crippen molar-refractivity contribution in [2.75, 3.05) is 13.6 Å². The molecule has 0 atom stereocenters. The van der Waals surface area contributed by atoms with Gasteiger partial charge in [0.25, 0.3) is 0 Å². The zero-order valence-corrected chi connectivity index (χ0v) is 12.6. The summed E-state index contributed by atoms with van der Waals surface area (Å²) in [5.74, 6) is -0.506. The van der Waals surface area contributed by atoms with Crippen molar-refractivity contribution in [3.8, 4) is 0 Å². The van der Waals surface area contributed by atoms with Crippen LogP contribution in [0.1, 0.15) is 19.8 Å². The van der Waals surface area contributed by atoms with E-state index in [0.717, 1.165) is 12.8 Å². The third-order valence-corrected chi connectivity index (χ3v) is 5.15. The number of hydrogen-bond acceptors (Lipinski definition) is 4. The van der Waals surface area contributed by atoms with E-state index >= 15 is 0 Å². The van der Waals surface area contributed by atoms with Crippen molar-refractivity contribution in [1.82, 2.24) is 8.87 Å². The summed E-state index contributed by atoms with van der Waals surface area (Å²) < 4.78 is 32.4. The zero-order chi connectivity index (χ0) is 14.9. The summed E-state index contributed by atoms with van der Waals surface area (Å²) >= 11 is 0. The van der Waals surface area contributed by atoms with Gasteiger partial charge in [-0.3, -0.25) is 4.57 Å². The Labute approximate surface area is 117 Å². The molecule has 1 aromatic carbocycles. The Morgan fingerprint density at radius 1 is 1.35 bits per heavy atom. The zero-order valence-electron chi connectivity index (χ0n) is 11.8. The lowest BCUT2D eigenvalue weighted by Crippen LogP contribution is -2.27. The Kier molecular flexibility index (Phi) is 4.01. The molecule has 0 unspecified atom stereocenters. The molecule has 2 rings (SSSR count). The van der Waals surface area contributed by atoms with Crippen molar-refractivity contribution in [1.29, 1.82) is 0 Å². The van der Waals surface area contributed by atoms with Gasteiger partial charge in [-0.2, -0.15) is 0 Å². The number of fused-ring (bicyclic) bond motifs is 1. The Balaban J connectivity index is 2.44. The number of hydrogen-bond donors (Lipinski definition) is 0. The summed E-state index contributed by atoms with van der Waals surface area (Å²) in [7, 11) is -0.413. The predicted octanol–water partition coefficient (Wildman–Crippen LogP) is 1.55. The molecule has 0 amide bonds. The first-order valence-corrected chi connectivity index (χ1v) is 7.88. The summed E-state index contributed by atoms with van der Waals surface area (Å²) in [5.41, 5.74) is 0.854. The lowest BCUT2D eigenvalue weighted by molar-refractivity contribution is 0.459. The van der Waals surface area contributed by atoms with Crippen LogP contribution in [0.2, 0.25) is 0 Å². The van der Waals surface area contributed by atoms with Crippen LogP contribution < -0.4 is 5.76 Å². The quantitative estimate of drug-likeness (QED) is 0.839. The van der Waals surface area contributed by atoms with Crippen molar-refractivity contribution in [3.05, 3.63) is 28.7 Å². The average molecular weight is 298 g/mol. The van der Waals surface area contributed by atoms with Gasteiger partial charge in [0.05, 0.1) is 10.4 Å². The van der Waals surface area contributed by atoms with E-state index in [4.69, 9.17) is 4.42 Å². The maximum absolute atomic E-state index is 12.4. The molecule has 0 aliphatic heterocycles. The first-order valence-electron chi connectivity index (χ1n) is 6.44. The highest BCUT2D eigenvalue weighted by atomic mass is 32.2. The van der Waals surface area contributed by atoms with Crippen LogP contribution in [0.25, 0.3) is 11.1 Å². The van der Waals surface area contributed by atoms with Gasteiger partial charge in [0.1, 0.15) is 0 Å². The van der Waals surface area contributed by atoms with Gasteiger partial charge in [-0.25, -0.2) is 17.5 Å². The van der Waals surface area contributed by atoms with E-state index in [1.165, 1.54) is 21.0 Å². The molecule has 20 heavy (non-hydrogen) atoms. The first-order chi connectivity index (χ1) is 9.37. The number of sulfonamides is 1. The fraction of sp³-hybridized carbons (Fsp3) is 0.462. The minimum absolute atomic E-state index is 0.137. The van der Waals surface area contributed by atoms with Gasteiger partial charge in [0, 0.05) is 26.7 Å². The van der Waals surface area contributed by atoms with E-state index in [1.807, 2.05) is 6.92 Å². The third-order valence-electron chi connectivity index (χ3n) is 3.30. The SMILES string of the molecule is CCCCN(C)S(=O)(=O)c1ccc2c(c1)oc(=O)n2C. The Morgan fingerprint density at radius 3 is 2.70 bits per heavy atom. The van der Waals surface area contributed by atoms with E-state index in [1.54, 1.807) is 20.2 Å². The standard InChI is InChI=1S/C13H18N2O4S/c1-4-5-8-14(2)20(17,18)10-6-7-11-12(9-10)19-13(16)15(11)3/h6-7,9H,4-5,8H2,1-3H3. The van der Waals surface area contributed by atoms with Gasteiger partial charge in [0.2, 0.25) is 10.0 Å². The molecular weight excluding hydrogens is 280 g/mol. The average Bonchev–Trinajstić information content (AvgIpc) is 2.70. The highest BCUT2D eigenvalue weighted by Gasteiger charge is 2.21. The van der Waals surface area contributed by atoms with Crippen molar-refractivity contribution in [2.45, 2.75) is 24.7 Å². The molecule has 0 saturated carbocycles.